The molecule has 0 saturated carbocycles. The Morgan fingerprint density at radius 2 is 1.33 bits per heavy atom. The van der Waals surface area contributed by atoms with Gasteiger partial charge in [0, 0.05) is 0 Å². The third-order valence-corrected chi connectivity index (χ3v) is 2.86. The molecule has 0 heterocycles. The molecule has 18 heavy (non-hydrogen) atoms. The Hall–Kier alpha value is -1.48. The molecule has 0 fully saturated rings. The fourth-order valence-corrected chi connectivity index (χ4v) is 1.65. The highest BCUT2D eigenvalue weighted by Gasteiger charge is 2.25. The second kappa shape index (κ2) is 5.02. The zero-order valence-corrected chi connectivity index (χ0v) is 11.4. The molecule has 0 atom stereocenters. The lowest BCUT2D eigenvalue weighted by Gasteiger charge is -2.08. The van der Waals surface area contributed by atoms with Crippen molar-refractivity contribution < 1.29 is 22.3 Å². The second-order valence-corrected chi connectivity index (χ2v) is 9.41. The summed E-state index contributed by atoms with van der Waals surface area (Å²) in [5.41, 5.74) is 1.75. The summed E-state index contributed by atoms with van der Waals surface area (Å²) in [6.07, 6.45) is 0. The zero-order valence-electron chi connectivity index (χ0n) is 10.4. The Morgan fingerprint density at radius 3 is 1.67 bits per heavy atom. The van der Waals surface area contributed by atoms with Crippen LogP contribution in [0.3, 0.4) is 0 Å². The van der Waals surface area contributed by atoms with Crippen molar-refractivity contribution >= 4 is 8.07 Å². The summed E-state index contributed by atoms with van der Waals surface area (Å²) in [5.74, 6) is -5.11. The van der Waals surface area contributed by atoms with Crippen molar-refractivity contribution in [3.05, 3.63) is 28.8 Å². The molecule has 0 spiro atoms. The zero-order chi connectivity index (χ0) is 14.1. The molecule has 0 radical (unpaired) electrons. The van der Waals surface area contributed by atoms with E-state index in [0.717, 1.165) is 7.11 Å². The van der Waals surface area contributed by atoms with Gasteiger partial charge in [0.25, 0.3) is 0 Å². The predicted molar refractivity (Wildman–Crippen MR) is 63.1 cm³/mol. The van der Waals surface area contributed by atoms with Gasteiger partial charge in [0.15, 0.2) is 17.4 Å². The molecule has 0 aliphatic carbocycles. The third kappa shape index (κ3) is 2.85. The maximum absolute atomic E-state index is 13.5. The molecule has 98 valence electrons. The Labute approximate surface area is 104 Å². The smallest absolute Gasteiger partial charge is 0.205 e. The largest absolute Gasteiger partial charge is 0.491 e. The molecule has 0 amide bonds. The maximum Gasteiger partial charge on any atom is 0.205 e. The first-order valence-electron chi connectivity index (χ1n) is 5.12. The summed E-state index contributed by atoms with van der Waals surface area (Å²) in [4.78, 5) is 0. The van der Waals surface area contributed by atoms with Gasteiger partial charge in [-0.3, -0.25) is 0 Å². The monoisotopic (exact) mass is 276 g/mol. The average molecular weight is 276 g/mol. The number of halogens is 4. The molecule has 0 unspecified atom stereocenters. The van der Waals surface area contributed by atoms with E-state index in [4.69, 9.17) is 0 Å². The van der Waals surface area contributed by atoms with E-state index < -0.39 is 42.7 Å². The van der Waals surface area contributed by atoms with E-state index in [9.17, 15) is 17.6 Å². The standard InChI is InChI=1S/C12H12F4OSi/c1-17-12-10(15)8(13)7(9(14)11(12)16)5-6-18(2,3)4/h1-4H3. The van der Waals surface area contributed by atoms with Gasteiger partial charge in [0.05, 0.1) is 7.11 Å². The normalized spacial score (nSPS) is 10.9. The lowest BCUT2D eigenvalue weighted by atomic mass is 10.1. The SMILES string of the molecule is COc1c(F)c(F)c(C#C[Si](C)(C)C)c(F)c1F. The van der Waals surface area contributed by atoms with Crippen LogP contribution in [0.4, 0.5) is 17.6 Å². The van der Waals surface area contributed by atoms with Gasteiger partial charge in [-0.2, -0.15) is 8.78 Å². The molecule has 0 bridgehead atoms. The summed E-state index contributed by atoms with van der Waals surface area (Å²) in [7, 11) is -0.989. The van der Waals surface area contributed by atoms with Crippen LogP contribution < -0.4 is 4.74 Å². The molecule has 0 aliphatic heterocycles. The van der Waals surface area contributed by atoms with E-state index in [1.54, 1.807) is 0 Å². The molecule has 0 saturated heterocycles. The highest BCUT2D eigenvalue weighted by atomic mass is 28.3. The van der Waals surface area contributed by atoms with Gasteiger partial charge in [0.1, 0.15) is 13.6 Å². The van der Waals surface area contributed by atoms with Crippen LogP contribution in [0.5, 0.6) is 5.75 Å². The van der Waals surface area contributed by atoms with E-state index in [1.165, 1.54) is 0 Å². The van der Waals surface area contributed by atoms with Gasteiger partial charge in [0.2, 0.25) is 11.6 Å². The van der Waals surface area contributed by atoms with Crippen LogP contribution in [0.1, 0.15) is 5.56 Å². The third-order valence-electron chi connectivity index (χ3n) is 1.99. The fourth-order valence-electron chi connectivity index (χ4n) is 1.15. The van der Waals surface area contributed by atoms with Gasteiger partial charge < -0.3 is 4.74 Å². The first-order chi connectivity index (χ1) is 8.19. The second-order valence-electron chi connectivity index (χ2n) is 4.66. The lowest BCUT2D eigenvalue weighted by molar-refractivity contribution is 0.331. The van der Waals surface area contributed by atoms with E-state index >= 15 is 0 Å². The topological polar surface area (TPSA) is 9.23 Å². The van der Waals surface area contributed by atoms with Crippen molar-refractivity contribution in [3.8, 4) is 17.2 Å². The highest BCUT2D eigenvalue weighted by Crippen LogP contribution is 2.29. The molecular formula is C12H12F4OSi. The molecule has 0 aromatic heterocycles. The van der Waals surface area contributed by atoms with Crippen molar-refractivity contribution in [2.75, 3.05) is 7.11 Å². The number of methoxy groups -OCH3 is 1. The summed E-state index contributed by atoms with van der Waals surface area (Å²) in [6, 6.07) is 0. The number of hydrogen-bond acceptors (Lipinski definition) is 1. The Kier molecular flexibility index (Phi) is 4.07. The van der Waals surface area contributed by atoms with Crippen LogP contribution in [0.15, 0.2) is 0 Å². The lowest BCUT2D eigenvalue weighted by Crippen LogP contribution is -2.16. The van der Waals surface area contributed by atoms with Crippen LogP contribution in [-0.2, 0) is 0 Å². The molecule has 1 rings (SSSR count). The van der Waals surface area contributed by atoms with Crippen LogP contribution in [-0.4, -0.2) is 15.2 Å². The van der Waals surface area contributed by atoms with E-state index in [0.29, 0.717) is 0 Å². The first-order valence-corrected chi connectivity index (χ1v) is 8.62. The van der Waals surface area contributed by atoms with E-state index in [1.807, 2.05) is 19.6 Å². The summed E-state index contributed by atoms with van der Waals surface area (Å²) < 4.78 is 58.0. The molecule has 0 aliphatic rings. The average Bonchev–Trinajstić information content (AvgIpc) is 2.26. The molecule has 1 nitrogen and oxygen atoms in total. The first kappa shape index (κ1) is 14.6. The van der Waals surface area contributed by atoms with Crippen molar-refractivity contribution in [1.29, 1.82) is 0 Å². The number of hydrogen-bond donors (Lipinski definition) is 0. The molecule has 0 N–H and O–H groups in total. The summed E-state index contributed by atoms with van der Waals surface area (Å²) >= 11 is 0. The minimum Gasteiger partial charge on any atom is -0.491 e. The maximum atomic E-state index is 13.5. The predicted octanol–water partition coefficient (Wildman–Crippen LogP) is 3.48. The number of rotatable bonds is 1. The van der Waals surface area contributed by atoms with Gasteiger partial charge >= 0.3 is 0 Å². The van der Waals surface area contributed by atoms with Crippen LogP contribution in [0, 0.1) is 34.7 Å². The molecular weight excluding hydrogens is 264 g/mol. The molecule has 6 heteroatoms. The van der Waals surface area contributed by atoms with Gasteiger partial charge in [-0.25, -0.2) is 8.78 Å². The Morgan fingerprint density at radius 1 is 0.889 bits per heavy atom. The quantitative estimate of drug-likeness (QED) is 0.330. The van der Waals surface area contributed by atoms with E-state index in [-0.39, 0.29) is 0 Å². The van der Waals surface area contributed by atoms with Crippen molar-refractivity contribution in [3.63, 3.8) is 0 Å². The van der Waals surface area contributed by atoms with E-state index in [2.05, 4.69) is 16.2 Å². The minimum atomic E-state index is -1.91. The molecule has 1 aromatic carbocycles. The number of ether oxygens (including phenoxy) is 1. The van der Waals surface area contributed by atoms with Crippen LogP contribution >= 0.6 is 0 Å². The Balaban J connectivity index is 3.51. The van der Waals surface area contributed by atoms with Gasteiger partial charge in [-0.1, -0.05) is 25.6 Å². The minimum absolute atomic E-state index is 0.895. The number of benzene rings is 1. The Bertz CT molecular complexity index is 509. The van der Waals surface area contributed by atoms with Crippen molar-refractivity contribution in [2.24, 2.45) is 0 Å². The summed E-state index contributed by atoms with van der Waals surface area (Å²) in [6.45, 7) is 5.52. The van der Waals surface area contributed by atoms with Crippen LogP contribution in [0.25, 0.3) is 0 Å². The highest BCUT2D eigenvalue weighted by molar-refractivity contribution is 6.83. The van der Waals surface area contributed by atoms with Gasteiger partial charge in [-0.05, 0) is 0 Å². The fraction of sp³-hybridized carbons (Fsp3) is 0.333. The van der Waals surface area contributed by atoms with Crippen LogP contribution in [0.2, 0.25) is 19.6 Å². The summed E-state index contributed by atoms with van der Waals surface area (Å²) in [5, 5.41) is 0. The van der Waals surface area contributed by atoms with Crippen molar-refractivity contribution in [1.82, 2.24) is 0 Å². The van der Waals surface area contributed by atoms with Gasteiger partial charge in [-0.15, -0.1) is 5.54 Å². The molecule has 1 aromatic rings. The van der Waals surface area contributed by atoms with Crippen molar-refractivity contribution in [2.45, 2.75) is 19.6 Å².